The van der Waals surface area contributed by atoms with Crippen molar-refractivity contribution in [1.82, 2.24) is 0 Å². The number of hydrogen-bond donors (Lipinski definition) is 1. The Hall–Kier alpha value is -3.65. The Bertz CT molecular complexity index is 1270. The van der Waals surface area contributed by atoms with Crippen LogP contribution in [0.15, 0.2) is 77.7 Å². The number of carbonyl (C=O) groups excluding carboxylic acids is 2. The van der Waals surface area contributed by atoms with E-state index in [4.69, 9.17) is 4.74 Å². The molecule has 3 aromatic carbocycles. The molecule has 34 heavy (non-hydrogen) atoms. The van der Waals surface area contributed by atoms with E-state index in [0.717, 1.165) is 9.87 Å². The number of nitrogens with zero attached hydrogens (tertiary/aromatic N) is 1. The number of ether oxygens (including phenoxy) is 1. The highest BCUT2D eigenvalue weighted by atomic mass is 32.2. The Morgan fingerprint density at radius 1 is 0.941 bits per heavy atom. The van der Waals surface area contributed by atoms with Crippen molar-refractivity contribution in [2.75, 3.05) is 23.3 Å². The van der Waals surface area contributed by atoms with Gasteiger partial charge in [-0.1, -0.05) is 50.2 Å². The number of anilines is 2. The summed E-state index contributed by atoms with van der Waals surface area (Å²) in [5.41, 5.74) is 2.68. The van der Waals surface area contributed by atoms with Crippen LogP contribution in [0.5, 0.6) is 0 Å². The zero-order valence-electron chi connectivity index (χ0n) is 19.6. The summed E-state index contributed by atoms with van der Waals surface area (Å²) < 4.78 is 32.8. The molecule has 0 aliphatic carbocycles. The lowest BCUT2D eigenvalue weighted by Gasteiger charge is -2.25. The number of amides is 1. The quantitative estimate of drug-likeness (QED) is 0.470. The number of sulfonamides is 1. The average Bonchev–Trinajstić information content (AvgIpc) is 2.84. The molecule has 8 heteroatoms. The van der Waals surface area contributed by atoms with E-state index in [1.54, 1.807) is 55.5 Å². The van der Waals surface area contributed by atoms with Gasteiger partial charge in [-0.25, -0.2) is 13.2 Å². The van der Waals surface area contributed by atoms with Crippen molar-refractivity contribution in [3.8, 4) is 0 Å². The Labute approximate surface area is 200 Å². The molecule has 0 aliphatic rings. The van der Waals surface area contributed by atoms with Crippen LogP contribution in [0.25, 0.3) is 0 Å². The van der Waals surface area contributed by atoms with Gasteiger partial charge in [0.15, 0.2) is 0 Å². The van der Waals surface area contributed by atoms with Gasteiger partial charge in [0, 0.05) is 5.69 Å². The van der Waals surface area contributed by atoms with Gasteiger partial charge in [0.1, 0.15) is 6.54 Å². The van der Waals surface area contributed by atoms with E-state index in [1.807, 2.05) is 26.0 Å². The Morgan fingerprint density at radius 2 is 1.59 bits per heavy atom. The third kappa shape index (κ3) is 5.46. The number of hydrogen-bond acceptors (Lipinski definition) is 5. The van der Waals surface area contributed by atoms with Crippen LogP contribution in [0.2, 0.25) is 0 Å². The fourth-order valence-electron chi connectivity index (χ4n) is 3.48. The summed E-state index contributed by atoms with van der Waals surface area (Å²) in [6.07, 6.45) is 0. The van der Waals surface area contributed by atoms with Crippen molar-refractivity contribution in [2.45, 2.75) is 31.6 Å². The molecule has 178 valence electrons. The van der Waals surface area contributed by atoms with Gasteiger partial charge in [0.05, 0.1) is 23.3 Å². The molecule has 0 heterocycles. The molecule has 0 radical (unpaired) electrons. The van der Waals surface area contributed by atoms with Crippen LogP contribution in [-0.4, -0.2) is 33.9 Å². The zero-order chi connectivity index (χ0) is 24.9. The topological polar surface area (TPSA) is 92.8 Å². The van der Waals surface area contributed by atoms with Gasteiger partial charge in [0.25, 0.3) is 10.0 Å². The number of benzene rings is 3. The first-order valence-corrected chi connectivity index (χ1v) is 12.2. The number of carbonyl (C=O) groups is 2. The normalized spacial score (nSPS) is 11.2. The maximum Gasteiger partial charge on any atom is 0.338 e. The highest BCUT2D eigenvalue weighted by molar-refractivity contribution is 7.92. The highest BCUT2D eigenvalue weighted by Crippen LogP contribution is 2.26. The minimum Gasteiger partial charge on any atom is -0.465 e. The number of nitrogens with one attached hydrogen (secondary N) is 1. The maximum atomic E-state index is 13.5. The summed E-state index contributed by atoms with van der Waals surface area (Å²) in [7, 11) is -2.73. The Kier molecular flexibility index (Phi) is 7.73. The van der Waals surface area contributed by atoms with Gasteiger partial charge >= 0.3 is 5.97 Å². The molecular formula is C26H28N2O5S. The maximum absolute atomic E-state index is 13.5. The molecule has 0 aliphatic heterocycles. The lowest BCUT2D eigenvalue weighted by atomic mass is 10.0. The molecule has 3 aromatic rings. The molecule has 0 unspecified atom stereocenters. The molecule has 0 atom stereocenters. The largest absolute Gasteiger partial charge is 0.465 e. The number of methoxy groups -OCH3 is 1. The van der Waals surface area contributed by atoms with E-state index in [-0.39, 0.29) is 10.8 Å². The fraction of sp³-hybridized carbons (Fsp3) is 0.231. The molecular weight excluding hydrogens is 452 g/mol. The van der Waals surface area contributed by atoms with Crippen molar-refractivity contribution in [2.24, 2.45) is 0 Å². The van der Waals surface area contributed by atoms with Gasteiger partial charge in [-0.15, -0.1) is 0 Å². The fourth-order valence-corrected chi connectivity index (χ4v) is 4.92. The molecule has 0 fully saturated rings. The predicted octanol–water partition coefficient (Wildman–Crippen LogP) is 4.74. The molecule has 0 saturated carbocycles. The van der Waals surface area contributed by atoms with E-state index in [1.165, 1.54) is 19.2 Å². The highest BCUT2D eigenvalue weighted by Gasteiger charge is 2.27. The van der Waals surface area contributed by atoms with Crippen molar-refractivity contribution < 1.29 is 22.7 Å². The van der Waals surface area contributed by atoms with Crippen LogP contribution in [0.1, 0.15) is 41.3 Å². The summed E-state index contributed by atoms with van der Waals surface area (Å²) in [4.78, 5) is 25.1. The summed E-state index contributed by atoms with van der Waals surface area (Å²) in [5.74, 6) is -0.786. The van der Waals surface area contributed by atoms with Crippen LogP contribution in [-0.2, 0) is 19.6 Å². The first kappa shape index (κ1) is 25.0. The lowest BCUT2D eigenvalue weighted by molar-refractivity contribution is -0.114. The van der Waals surface area contributed by atoms with Crippen LogP contribution in [0.4, 0.5) is 11.4 Å². The first-order chi connectivity index (χ1) is 16.1. The molecule has 3 rings (SSSR count). The molecule has 0 spiro atoms. The van der Waals surface area contributed by atoms with Gasteiger partial charge in [-0.05, 0) is 60.4 Å². The van der Waals surface area contributed by atoms with Crippen molar-refractivity contribution in [3.05, 3.63) is 89.5 Å². The van der Waals surface area contributed by atoms with Gasteiger partial charge in [-0.3, -0.25) is 9.10 Å². The van der Waals surface area contributed by atoms with E-state index in [0.29, 0.717) is 22.5 Å². The summed E-state index contributed by atoms with van der Waals surface area (Å²) in [6, 6.07) is 20.0. The number of esters is 1. The van der Waals surface area contributed by atoms with Crippen LogP contribution >= 0.6 is 0 Å². The second-order valence-corrected chi connectivity index (χ2v) is 9.95. The van der Waals surface area contributed by atoms with E-state index in [2.05, 4.69) is 5.32 Å². The van der Waals surface area contributed by atoms with Crippen LogP contribution in [0.3, 0.4) is 0 Å². The van der Waals surface area contributed by atoms with Crippen LogP contribution < -0.4 is 9.62 Å². The SMILES string of the molecule is COC(=O)c1cccc(NC(=O)CN(c2ccc(C(C)C)cc2)S(=O)(=O)c2ccccc2)c1C. The zero-order valence-corrected chi connectivity index (χ0v) is 20.4. The van der Waals surface area contributed by atoms with E-state index >= 15 is 0 Å². The standard InChI is InChI=1S/C26H28N2O5S/c1-18(2)20-13-15-21(16-14-20)28(34(31,32)22-9-6-5-7-10-22)17-25(29)27-24-12-8-11-23(19(24)3)26(30)33-4/h5-16,18H,17H2,1-4H3,(H,27,29). The Morgan fingerprint density at radius 3 is 2.18 bits per heavy atom. The Balaban J connectivity index is 1.95. The number of rotatable bonds is 8. The molecule has 1 amide bonds. The summed E-state index contributed by atoms with van der Waals surface area (Å²) in [6.45, 7) is 5.34. The van der Waals surface area contributed by atoms with E-state index < -0.39 is 28.4 Å². The summed E-state index contributed by atoms with van der Waals surface area (Å²) in [5, 5.41) is 2.73. The lowest BCUT2D eigenvalue weighted by Crippen LogP contribution is -2.38. The monoisotopic (exact) mass is 480 g/mol. The molecule has 0 bridgehead atoms. The molecule has 0 saturated heterocycles. The third-order valence-electron chi connectivity index (χ3n) is 5.48. The third-order valence-corrected chi connectivity index (χ3v) is 7.27. The first-order valence-electron chi connectivity index (χ1n) is 10.8. The molecule has 1 N–H and O–H groups in total. The minimum absolute atomic E-state index is 0.0830. The van der Waals surface area contributed by atoms with Gasteiger partial charge in [-0.2, -0.15) is 0 Å². The minimum atomic E-state index is -4.01. The van der Waals surface area contributed by atoms with E-state index in [9.17, 15) is 18.0 Å². The summed E-state index contributed by atoms with van der Waals surface area (Å²) >= 11 is 0. The average molecular weight is 481 g/mol. The van der Waals surface area contributed by atoms with Crippen molar-refractivity contribution >= 4 is 33.3 Å². The molecule has 0 aromatic heterocycles. The second-order valence-electron chi connectivity index (χ2n) is 8.09. The van der Waals surface area contributed by atoms with Gasteiger partial charge in [0.2, 0.25) is 5.91 Å². The van der Waals surface area contributed by atoms with Gasteiger partial charge < -0.3 is 10.1 Å². The second kappa shape index (κ2) is 10.5. The van der Waals surface area contributed by atoms with Crippen molar-refractivity contribution in [1.29, 1.82) is 0 Å². The molecule has 7 nitrogen and oxygen atoms in total. The van der Waals surface area contributed by atoms with Crippen LogP contribution in [0, 0.1) is 6.92 Å². The predicted molar refractivity (Wildman–Crippen MR) is 133 cm³/mol. The van der Waals surface area contributed by atoms with Crippen molar-refractivity contribution in [3.63, 3.8) is 0 Å². The smallest absolute Gasteiger partial charge is 0.338 e.